The van der Waals surface area contributed by atoms with Gasteiger partial charge in [-0.2, -0.15) is 0 Å². The Balaban J connectivity index is 2.71. The summed E-state index contributed by atoms with van der Waals surface area (Å²) in [5, 5.41) is 8.73. The number of aliphatic hydroxyl groups excluding tert-OH is 1. The molecule has 0 radical (unpaired) electrons. The maximum Gasteiger partial charge on any atom is 0.0434 e. The SMILES string of the molecule is C=CCc1ccccc1CCCO. The molecule has 0 fully saturated rings. The first-order valence-electron chi connectivity index (χ1n) is 4.67. The number of allylic oxidation sites excluding steroid dienone is 1. The Morgan fingerprint density at radius 1 is 1.23 bits per heavy atom. The lowest BCUT2D eigenvalue weighted by atomic mass is 10.0. The van der Waals surface area contributed by atoms with E-state index in [1.807, 2.05) is 18.2 Å². The van der Waals surface area contributed by atoms with Gasteiger partial charge in [0.05, 0.1) is 0 Å². The molecule has 1 heteroatoms. The third-order valence-electron chi connectivity index (χ3n) is 2.09. The molecule has 0 bridgehead atoms. The van der Waals surface area contributed by atoms with Gasteiger partial charge in [-0.3, -0.25) is 0 Å². The molecular formula is C12H16O. The molecule has 70 valence electrons. The van der Waals surface area contributed by atoms with E-state index in [2.05, 4.69) is 18.7 Å². The van der Waals surface area contributed by atoms with E-state index >= 15 is 0 Å². The molecule has 0 aliphatic carbocycles. The first-order chi connectivity index (χ1) is 6.38. The summed E-state index contributed by atoms with van der Waals surface area (Å²) in [6.45, 7) is 3.99. The highest BCUT2D eigenvalue weighted by atomic mass is 16.2. The van der Waals surface area contributed by atoms with Gasteiger partial charge in [0, 0.05) is 6.61 Å². The molecule has 0 aliphatic rings. The highest BCUT2D eigenvalue weighted by molar-refractivity contribution is 5.28. The summed E-state index contributed by atoms with van der Waals surface area (Å²) in [5.41, 5.74) is 2.66. The quantitative estimate of drug-likeness (QED) is 0.683. The van der Waals surface area contributed by atoms with Gasteiger partial charge in [-0.05, 0) is 30.4 Å². The molecule has 0 saturated heterocycles. The number of aliphatic hydroxyl groups is 1. The average molecular weight is 176 g/mol. The third-order valence-corrected chi connectivity index (χ3v) is 2.09. The molecule has 1 aromatic rings. The molecular weight excluding hydrogens is 160 g/mol. The largest absolute Gasteiger partial charge is 0.396 e. The maximum atomic E-state index is 8.73. The Morgan fingerprint density at radius 3 is 2.54 bits per heavy atom. The van der Waals surface area contributed by atoms with Crippen molar-refractivity contribution in [1.82, 2.24) is 0 Å². The summed E-state index contributed by atoms with van der Waals surface area (Å²) in [6.07, 6.45) is 4.63. The lowest BCUT2D eigenvalue weighted by molar-refractivity contribution is 0.288. The zero-order chi connectivity index (χ0) is 9.52. The lowest BCUT2D eigenvalue weighted by Crippen LogP contribution is -1.94. The summed E-state index contributed by atoms with van der Waals surface area (Å²) in [7, 11) is 0. The van der Waals surface area contributed by atoms with E-state index in [9.17, 15) is 0 Å². The van der Waals surface area contributed by atoms with Gasteiger partial charge in [-0.15, -0.1) is 6.58 Å². The highest BCUT2D eigenvalue weighted by Gasteiger charge is 1.98. The van der Waals surface area contributed by atoms with Crippen molar-refractivity contribution in [1.29, 1.82) is 0 Å². The van der Waals surface area contributed by atoms with Crippen molar-refractivity contribution in [3.8, 4) is 0 Å². The first-order valence-corrected chi connectivity index (χ1v) is 4.67. The molecule has 0 spiro atoms. The van der Waals surface area contributed by atoms with Gasteiger partial charge in [0.2, 0.25) is 0 Å². The van der Waals surface area contributed by atoms with Crippen LogP contribution in [0.25, 0.3) is 0 Å². The molecule has 1 aromatic carbocycles. The molecule has 0 amide bonds. The predicted octanol–water partition coefficient (Wildman–Crippen LogP) is 2.34. The van der Waals surface area contributed by atoms with Gasteiger partial charge < -0.3 is 5.11 Å². The molecule has 0 heterocycles. The van der Waals surface area contributed by atoms with Gasteiger partial charge in [0.25, 0.3) is 0 Å². The summed E-state index contributed by atoms with van der Waals surface area (Å²) in [4.78, 5) is 0. The Kier molecular flexibility index (Phi) is 4.27. The minimum absolute atomic E-state index is 0.266. The number of aryl methyl sites for hydroxylation is 1. The molecule has 0 aromatic heterocycles. The zero-order valence-corrected chi connectivity index (χ0v) is 7.87. The van der Waals surface area contributed by atoms with Crippen molar-refractivity contribution >= 4 is 0 Å². The summed E-state index contributed by atoms with van der Waals surface area (Å²) in [6, 6.07) is 8.32. The minimum Gasteiger partial charge on any atom is -0.396 e. The van der Waals surface area contributed by atoms with Crippen molar-refractivity contribution in [3.05, 3.63) is 48.0 Å². The van der Waals surface area contributed by atoms with Crippen molar-refractivity contribution < 1.29 is 5.11 Å². The molecule has 1 nitrogen and oxygen atoms in total. The van der Waals surface area contributed by atoms with Gasteiger partial charge >= 0.3 is 0 Å². The standard InChI is InChI=1S/C12H16O/c1-2-6-11-7-3-4-8-12(11)9-5-10-13/h2-4,7-8,13H,1,5-6,9-10H2. The lowest BCUT2D eigenvalue weighted by Gasteiger charge is -2.05. The van der Waals surface area contributed by atoms with Gasteiger partial charge in [0.15, 0.2) is 0 Å². The van der Waals surface area contributed by atoms with E-state index in [0.29, 0.717) is 0 Å². The van der Waals surface area contributed by atoms with Crippen LogP contribution in [0.3, 0.4) is 0 Å². The Hall–Kier alpha value is -1.08. The van der Waals surface area contributed by atoms with E-state index in [4.69, 9.17) is 5.11 Å². The van der Waals surface area contributed by atoms with E-state index in [0.717, 1.165) is 19.3 Å². The molecule has 13 heavy (non-hydrogen) atoms. The molecule has 0 aliphatic heterocycles. The molecule has 1 N–H and O–H groups in total. The monoisotopic (exact) mass is 176 g/mol. The van der Waals surface area contributed by atoms with Gasteiger partial charge in [0.1, 0.15) is 0 Å². The fourth-order valence-electron chi connectivity index (χ4n) is 1.43. The Morgan fingerprint density at radius 2 is 1.92 bits per heavy atom. The molecule has 0 saturated carbocycles. The van der Waals surface area contributed by atoms with Crippen molar-refractivity contribution in [3.63, 3.8) is 0 Å². The molecule has 0 unspecified atom stereocenters. The van der Waals surface area contributed by atoms with Crippen LogP contribution in [0.4, 0.5) is 0 Å². The Labute approximate surface area is 79.7 Å². The van der Waals surface area contributed by atoms with Crippen molar-refractivity contribution in [2.45, 2.75) is 19.3 Å². The van der Waals surface area contributed by atoms with Crippen LogP contribution in [0.1, 0.15) is 17.5 Å². The van der Waals surface area contributed by atoms with E-state index in [-0.39, 0.29) is 6.61 Å². The summed E-state index contributed by atoms with van der Waals surface area (Å²) < 4.78 is 0. The summed E-state index contributed by atoms with van der Waals surface area (Å²) in [5.74, 6) is 0. The van der Waals surface area contributed by atoms with Crippen LogP contribution in [-0.4, -0.2) is 11.7 Å². The fraction of sp³-hybridized carbons (Fsp3) is 0.333. The second kappa shape index (κ2) is 5.55. The van der Waals surface area contributed by atoms with Crippen LogP contribution in [0.2, 0.25) is 0 Å². The average Bonchev–Trinajstić information content (AvgIpc) is 2.17. The smallest absolute Gasteiger partial charge is 0.0434 e. The van der Waals surface area contributed by atoms with Crippen LogP contribution < -0.4 is 0 Å². The number of hydrogen-bond donors (Lipinski definition) is 1. The summed E-state index contributed by atoms with van der Waals surface area (Å²) >= 11 is 0. The van der Waals surface area contributed by atoms with E-state index in [1.165, 1.54) is 11.1 Å². The normalized spacial score (nSPS) is 9.92. The van der Waals surface area contributed by atoms with E-state index in [1.54, 1.807) is 0 Å². The van der Waals surface area contributed by atoms with Crippen LogP contribution in [-0.2, 0) is 12.8 Å². The van der Waals surface area contributed by atoms with Crippen molar-refractivity contribution in [2.24, 2.45) is 0 Å². The van der Waals surface area contributed by atoms with E-state index < -0.39 is 0 Å². The number of benzene rings is 1. The fourth-order valence-corrected chi connectivity index (χ4v) is 1.43. The number of rotatable bonds is 5. The topological polar surface area (TPSA) is 20.2 Å². The second-order valence-corrected chi connectivity index (χ2v) is 3.09. The third kappa shape index (κ3) is 3.03. The van der Waals surface area contributed by atoms with Gasteiger partial charge in [-0.25, -0.2) is 0 Å². The predicted molar refractivity (Wildman–Crippen MR) is 55.7 cm³/mol. The highest BCUT2D eigenvalue weighted by Crippen LogP contribution is 2.11. The zero-order valence-electron chi connectivity index (χ0n) is 7.87. The maximum absolute atomic E-state index is 8.73. The van der Waals surface area contributed by atoms with Crippen LogP contribution >= 0.6 is 0 Å². The van der Waals surface area contributed by atoms with Crippen molar-refractivity contribution in [2.75, 3.05) is 6.61 Å². The second-order valence-electron chi connectivity index (χ2n) is 3.09. The Bertz CT molecular complexity index is 266. The molecule has 1 rings (SSSR count). The van der Waals surface area contributed by atoms with Crippen LogP contribution in [0, 0.1) is 0 Å². The first kappa shape index (κ1) is 10.0. The van der Waals surface area contributed by atoms with Gasteiger partial charge in [-0.1, -0.05) is 30.3 Å². The van der Waals surface area contributed by atoms with Crippen LogP contribution in [0.5, 0.6) is 0 Å². The number of hydrogen-bond acceptors (Lipinski definition) is 1. The molecule has 0 atom stereocenters. The minimum atomic E-state index is 0.266. The van der Waals surface area contributed by atoms with Crippen LogP contribution in [0.15, 0.2) is 36.9 Å².